The normalized spacial score (nSPS) is 11.2. The summed E-state index contributed by atoms with van der Waals surface area (Å²) in [7, 11) is 1.82. The first-order chi connectivity index (χ1) is 7.57. The molecule has 0 unspecified atom stereocenters. The molecule has 0 spiro atoms. The number of hydrogen-bond acceptors (Lipinski definition) is 5. The molecule has 1 heterocycles. The standard InChI is InChI=1S/C11H20N4O/c1-11(2,4-5-16)7-13-10-6-9(12-3)14-8-15-10/h6,8,16H,4-5,7H2,1-3H3,(H2,12,13,14,15). The second-order valence-corrected chi connectivity index (χ2v) is 4.53. The van der Waals surface area contributed by atoms with Crippen molar-refractivity contribution >= 4 is 11.6 Å². The Morgan fingerprint density at radius 3 is 2.62 bits per heavy atom. The van der Waals surface area contributed by atoms with Gasteiger partial charge in [-0.25, -0.2) is 9.97 Å². The van der Waals surface area contributed by atoms with E-state index in [1.165, 1.54) is 6.33 Å². The van der Waals surface area contributed by atoms with E-state index in [-0.39, 0.29) is 12.0 Å². The molecule has 0 aliphatic heterocycles. The van der Waals surface area contributed by atoms with Gasteiger partial charge in [0.05, 0.1) is 0 Å². The molecule has 1 rings (SSSR count). The van der Waals surface area contributed by atoms with Gasteiger partial charge in [-0.3, -0.25) is 0 Å². The molecule has 90 valence electrons. The van der Waals surface area contributed by atoms with Gasteiger partial charge >= 0.3 is 0 Å². The molecule has 0 saturated heterocycles. The van der Waals surface area contributed by atoms with Crippen molar-refractivity contribution in [1.29, 1.82) is 0 Å². The summed E-state index contributed by atoms with van der Waals surface area (Å²) >= 11 is 0. The Kier molecular flexibility index (Phi) is 4.49. The highest BCUT2D eigenvalue weighted by molar-refractivity contribution is 5.45. The average molecular weight is 224 g/mol. The molecule has 0 bridgehead atoms. The number of rotatable bonds is 6. The van der Waals surface area contributed by atoms with Crippen LogP contribution in [-0.4, -0.2) is 35.3 Å². The van der Waals surface area contributed by atoms with E-state index in [1.54, 1.807) is 0 Å². The van der Waals surface area contributed by atoms with Gasteiger partial charge in [-0.1, -0.05) is 13.8 Å². The first kappa shape index (κ1) is 12.7. The summed E-state index contributed by atoms with van der Waals surface area (Å²) in [6.07, 6.45) is 2.29. The lowest BCUT2D eigenvalue weighted by Crippen LogP contribution is -2.24. The molecule has 5 heteroatoms. The lowest BCUT2D eigenvalue weighted by molar-refractivity contribution is 0.220. The summed E-state index contributed by atoms with van der Waals surface area (Å²) in [6.45, 7) is 5.20. The van der Waals surface area contributed by atoms with E-state index in [2.05, 4.69) is 34.4 Å². The predicted octanol–water partition coefficient (Wildman–Crippen LogP) is 1.34. The van der Waals surface area contributed by atoms with Crippen molar-refractivity contribution in [2.75, 3.05) is 30.8 Å². The van der Waals surface area contributed by atoms with E-state index < -0.39 is 0 Å². The zero-order valence-electron chi connectivity index (χ0n) is 10.1. The first-order valence-electron chi connectivity index (χ1n) is 5.42. The minimum atomic E-state index is 0.0551. The van der Waals surface area contributed by atoms with E-state index in [9.17, 15) is 0 Å². The lowest BCUT2D eigenvalue weighted by Gasteiger charge is -2.24. The third-order valence-electron chi connectivity index (χ3n) is 2.46. The second kappa shape index (κ2) is 5.65. The Hall–Kier alpha value is -1.36. The van der Waals surface area contributed by atoms with Crippen molar-refractivity contribution in [2.45, 2.75) is 20.3 Å². The SMILES string of the molecule is CNc1cc(NCC(C)(C)CCO)ncn1. The number of aromatic nitrogens is 2. The highest BCUT2D eigenvalue weighted by Gasteiger charge is 2.16. The number of nitrogens with one attached hydrogen (secondary N) is 2. The minimum absolute atomic E-state index is 0.0551. The minimum Gasteiger partial charge on any atom is -0.396 e. The van der Waals surface area contributed by atoms with Gasteiger partial charge in [-0.15, -0.1) is 0 Å². The molecule has 0 aromatic carbocycles. The first-order valence-corrected chi connectivity index (χ1v) is 5.42. The summed E-state index contributed by atoms with van der Waals surface area (Å²) < 4.78 is 0. The maximum atomic E-state index is 8.92. The molecule has 0 amide bonds. The van der Waals surface area contributed by atoms with Gasteiger partial charge in [-0.2, -0.15) is 0 Å². The Labute approximate surface area is 96.3 Å². The van der Waals surface area contributed by atoms with E-state index in [4.69, 9.17) is 5.11 Å². The van der Waals surface area contributed by atoms with Crippen LogP contribution < -0.4 is 10.6 Å². The van der Waals surface area contributed by atoms with Gasteiger partial charge in [0.15, 0.2) is 0 Å². The van der Waals surface area contributed by atoms with Crippen molar-refractivity contribution < 1.29 is 5.11 Å². The molecule has 16 heavy (non-hydrogen) atoms. The van der Waals surface area contributed by atoms with Gasteiger partial charge in [0, 0.05) is 26.3 Å². The van der Waals surface area contributed by atoms with Gasteiger partial charge in [0.2, 0.25) is 0 Å². The molecule has 0 radical (unpaired) electrons. The van der Waals surface area contributed by atoms with Crippen molar-refractivity contribution in [3.63, 3.8) is 0 Å². The Balaban J connectivity index is 2.53. The second-order valence-electron chi connectivity index (χ2n) is 4.53. The fourth-order valence-corrected chi connectivity index (χ4v) is 1.31. The number of nitrogens with zero attached hydrogens (tertiary/aromatic N) is 2. The molecular formula is C11H20N4O. The largest absolute Gasteiger partial charge is 0.396 e. The molecule has 0 atom stereocenters. The van der Waals surface area contributed by atoms with Crippen LogP contribution in [0.15, 0.2) is 12.4 Å². The van der Waals surface area contributed by atoms with E-state index >= 15 is 0 Å². The van der Waals surface area contributed by atoms with Crippen molar-refractivity contribution in [3.8, 4) is 0 Å². The zero-order valence-corrected chi connectivity index (χ0v) is 10.1. The quantitative estimate of drug-likeness (QED) is 0.680. The monoisotopic (exact) mass is 224 g/mol. The molecule has 0 fully saturated rings. The van der Waals surface area contributed by atoms with Gasteiger partial charge in [-0.05, 0) is 11.8 Å². The highest BCUT2D eigenvalue weighted by atomic mass is 16.3. The Morgan fingerprint density at radius 2 is 2.00 bits per heavy atom. The fourth-order valence-electron chi connectivity index (χ4n) is 1.31. The van der Waals surface area contributed by atoms with Crippen LogP contribution in [0.5, 0.6) is 0 Å². The molecule has 0 aliphatic carbocycles. The van der Waals surface area contributed by atoms with E-state index in [0.717, 1.165) is 24.6 Å². The summed E-state index contributed by atoms with van der Waals surface area (Å²) in [5.74, 6) is 1.59. The van der Waals surface area contributed by atoms with Crippen LogP contribution in [-0.2, 0) is 0 Å². The number of anilines is 2. The summed E-state index contributed by atoms with van der Waals surface area (Å²) in [6, 6.07) is 1.86. The molecule has 1 aromatic rings. The van der Waals surface area contributed by atoms with Gasteiger partial charge in [0.25, 0.3) is 0 Å². The Morgan fingerprint density at radius 1 is 1.31 bits per heavy atom. The maximum absolute atomic E-state index is 8.92. The summed E-state index contributed by atoms with van der Waals surface area (Å²) in [5.41, 5.74) is 0.0551. The average Bonchev–Trinajstić information content (AvgIpc) is 2.27. The molecule has 0 aliphatic rings. The van der Waals surface area contributed by atoms with Crippen LogP contribution in [0.4, 0.5) is 11.6 Å². The number of aliphatic hydroxyl groups excluding tert-OH is 1. The maximum Gasteiger partial charge on any atom is 0.131 e. The van der Waals surface area contributed by atoms with Crippen molar-refractivity contribution in [1.82, 2.24) is 9.97 Å². The molecule has 0 saturated carbocycles. The van der Waals surface area contributed by atoms with Crippen LogP contribution >= 0.6 is 0 Å². The molecule has 5 nitrogen and oxygen atoms in total. The fraction of sp³-hybridized carbons (Fsp3) is 0.636. The van der Waals surface area contributed by atoms with Crippen LogP contribution in [0.25, 0.3) is 0 Å². The smallest absolute Gasteiger partial charge is 0.131 e. The zero-order chi connectivity index (χ0) is 12.0. The third kappa shape index (κ3) is 4.02. The number of hydrogen-bond donors (Lipinski definition) is 3. The van der Waals surface area contributed by atoms with Gasteiger partial charge < -0.3 is 15.7 Å². The van der Waals surface area contributed by atoms with E-state index in [1.807, 2.05) is 13.1 Å². The number of aliphatic hydroxyl groups is 1. The van der Waals surface area contributed by atoms with Crippen LogP contribution in [0.2, 0.25) is 0 Å². The summed E-state index contributed by atoms with van der Waals surface area (Å²) in [5, 5.41) is 15.1. The van der Waals surface area contributed by atoms with Crippen LogP contribution in [0.3, 0.4) is 0 Å². The molecule has 3 N–H and O–H groups in total. The van der Waals surface area contributed by atoms with Crippen molar-refractivity contribution in [2.24, 2.45) is 5.41 Å². The Bertz CT molecular complexity index is 328. The van der Waals surface area contributed by atoms with Crippen LogP contribution in [0.1, 0.15) is 20.3 Å². The third-order valence-corrected chi connectivity index (χ3v) is 2.46. The van der Waals surface area contributed by atoms with Gasteiger partial charge in [0.1, 0.15) is 18.0 Å². The molecule has 1 aromatic heterocycles. The topological polar surface area (TPSA) is 70.1 Å². The highest BCUT2D eigenvalue weighted by Crippen LogP contribution is 2.20. The summed E-state index contributed by atoms with van der Waals surface area (Å²) in [4.78, 5) is 8.16. The van der Waals surface area contributed by atoms with Crippen molar-refractivity contribution in [3.05, 3.63) is 12.4 Å². The van der Waals surface area contributed by atoms with E-state index in [0.29, 0.717) is 0 Å². The van der Waals surface area contributed by atoms with Crippen LogP contribution in [0, 0.1) is 5.41 Å². The lowest BCUT2D eigenvalue weighted by atomic mass is 9.90. The molecular weight excluding hydrogens is 204 g/mol. The predicted molar refractivity (Wildman–Crippen MR) is 65.6 cm³/mol.